The van der Waals surface area contributed by atoms with Gasteiger partial charge in [0.1, 0.15) is 11.4 Å². The highest BCUT2D eigenvalue weighted by molar-refractivity contribution is 6.35. The van der Waals surface area contributed by atoms with Crippen molar-refractivity contribution in [1.82, 2.24) is 0 Å². The predicted octanol–water partition coefficient (Wildman–Crippen LogP) is 16.4. The smallest absolute Gasteiger partial charge is 0.343 e. The summed E-state index contributed by atoms with van der Waals surface area (Å²) in [5.41, 5.74) is 2.50. The lowest BCUT2D eigenvalue weighted by atomic mass is 10.0. The largest absolute Gasteiger partial charge is 0.505 e. The van der Waals surface area contributed by atoms with Gasteiger partial charge in [-0.1, -0.05) is 107 Å². The number of esters is 2. The maximum atomic E-state index is 13.8. The Morgan fingerprint density at radius 2 is 0.838 bits per heavy atom. The van der Waals surface area contributed by atoms with E-state index in [9.17, 15) is 29.4 Å². The van der Waals surface area contributed by atoms with Crippen molar-refractivity contribution in [3.05, 3.63) is 211 Å². The van der Waals surface area contributed by atoms with E-state index in [2.05, 4.69) is 31.1 Å². The van der Waals surface area contributed by atoms with Crippen molar-refractivity contribution in [3.63, 3.8) is 0 Å². The van der Waals surface area contributed by atoms with Crippen molar-refractivity contribution in [2.24, 2.45) is 20.5 Å². The van der Waals surface area contributed by atoms with Crippen LogP contribution in [-0.2, 0) is 0 Å². The lowest BCUT2D eigenvalue weighted by Crippen LogP contribution is -2.13. The summed E-state index contributed by atoms with van der Waals surface area (Å²) >= 11 is 24.6. The number of phenolic OH excluding ortho intramolecular Hbond substituents is 2. The van der Waals surface area contributed by atoms with Gasteiger partial charge in [0.15, 0.2) is 23.0 Å². The first-order chi connectivity index (χ1) is 35.6. The molecule has 0 aliphatic carbocycles. The molecule has 2 amide bonds. The number of hydrogen-bond donors (Lipinski definition) is 4. The number of carbonyl (C=O) groups excluding carboxylic acids is 4. The summed E-state index contributed by atoms with van der Waals surface area (Å²) in [6, 6.07) is 41.8. The molecule has 4 N–H and O–H groups in total. The standard InChI is InChI=1S/C56H36Cl4N6O8/c1-29-11-15-37(27-41(29)55(71)73-47-25-33(57)13-21-45(47)59)63-65-49-39-9-5-3-7-31(39)23-43(51(49)67)53(69)61-35-17-19-36(20-18-35)62-54(70)44-24-32-8-4-6-10-40(32)50(52(44)68)66-64-38-16-12-30(2)42(28-38)56(72)74-48-26-34(58)14-22-46(48)60/h3-28,67-68H,1-2H3,(H,61,69)(H,62,70). The second kappa shape index (κ2) is 21.6. The fourth-order valence-electron chi connectivity index (χ4n) is 7.64. The number of benzene rings is 9. The summed E-state index contributed by atoms with van der Waals surface area (Å²) in [6.07, 6.45) is 0. The van der Waals surface area contributed by atoms with Gasteiger partial charge < -0.3 is 30.3 Å². The number of anilines is 2. The van der Waals surface area contributed by atoms with Crippen molar-refractivity contribution in [3.8, 4) is 23.0 Å². The summed E-state index contributed by atoms with van der Waals surface area (Å²) in [4.78, 5) is 54.1. The third-order valence-corrected chi connectivity index (χ3v) is 12.6. The van der Waals surface area contributed by atoms with E-state index in [0.29, 0.717) is 54.1 Å². The fraction of sp³-hybridized carbons (Fsp3) is 0.0357. The van der Waals surface area contributed by atoms with E-state index >= 15 is 0 Å². The molecule has 0 atom stereocenters. The SMILES string of the molecule is Cc1ccc(N=Nc2c(O)c(C(=O)Nc3ccc(NC(=O)c4cc5ccccc5c(N=Nc5ccc(C)c(C(=O)Oc6cc(Cl)ccc6Cl)c5)c4O)cc3)cc3ccccc23)cc1C(=O)Oc1cc(Cl)ccc1Cl. The van der Waals surface area contributed by atoms with Crippen LogP contribution in [0.1, 0.15) is 52.6 Å². The number of halogens is 4. The van der Waals surface area contributed by atoms with Gasteiger partial charge in [-0.25, -0.2) is 9.59 Å². The molecule has 0 radical (unpaired) electrons. The van der Waals surface area contributed by atoms with Gasteiger partial charge in [0.05, 0.1) is 43.7 Å². The lowest BCUT2D eigenvalue weighted by Gasteiger charge is -2.13. The average molecular weight is 1060 g/mol. The maximum Gasteiger partial charge on any atom is 0.343 e. The van der Waals surface area contributed by atoms with Crippen molar-refractivity contribution >= 4 is 126 Å². The molecule has 0 fully saturated rings. The van der Waals surface area contributed by atoms with Gasteiger partial charge in [0, 0.05) is 44.3 Å². The van der Waals surface area contributed by atoms with Crippen molar-refractivity contribution in [1.29, 1.82) is 0 Å². The van der Waals surface area contributed by atoms with Gasteiger partial charge in [-0.15, -0.1) is 10.2 Å². The van der Waals surface area contributed by atoms with Crippen molar-refractivity contribution in [2.75, 3.05) is 10.6 Å². The Balaban J connectivity index is 0.911. The monoisotopic (exact) mass is 1060 g/mol. The Morgan fingerprint density at radius 1 is 0.446 bits per heavy atom. The molecule has 0 spiro atoms. The van der Waals surface area contributed by atoms with E-state index < -0.39 is 35.3 Å². The van der Waals surface area contributed by atoms with Crippen molar-refractivity contribution < 1.29 is 38.9 Å². The predicted molar refractivity (Wildman–Crippen MR) is 287 cm³/mol. The molecule has 366 valence electrons. The summed E-state index contributed by atoms with van der Waals surface area (Å²) in [7, 11) is 0. The van der Waals surface area contributed by atoms with E-state index in [-0.39, 0.29) is 66.5 Å². The molecule has 18 heteroatoms. The van der Waals surface area contributed by atoms with E-state index in [0.717, 1.165) is 0 Å². The van der Waals surface area contributed by atoms with Gasteiger partial charge in [-0.05, 0) is 121 Å². The molecule has 0 unspecified atom stereocenters. The average Bonchev–Trinajstić information content (AvgIpc) is 3.38. The van der Waals surface area contributed by atoms with Gasteiger partial charge >= 0.3 is 11.9 Å². The molecule has 74 heavy (non-hydrogen) atoms. The molecular weight excluding hydrogens is 1030 g/mol. The highest BCUT2D eigenvalue weighted by Gasteiger charge is 2.22. The summed E-state index contributed by atoms with van der Waals surface area (Å²) in [5.74, 6) is -3.48. The van der Waals surface area contributed by atoms with E-state index in [4.69, 9.17) is 55.9 Å². The Morgan fingerprint density at radius 3 is 1.24 bits per heavy atom. The molecule has 0 heterocycles. The maximum absolute atomic E-state index is 13.8. The summed E-state index contributed by atoms with van der Waals surface area (Å²) in [5, 5.41) is 49.2. The highest BCUT2D eigenvalue weighted by Crippen LogP contribution is 2.42. The molecule has 0 saturated carbocycles. The number of hydrogen-bond acceptors (Lipinski definition) is 12. The molecule has 0 saturated heterocycles. The number of fused-ring (bicyclic) bond motifs is 2. The van der Waals surface area contributed by atoms with Crippen LogP contribution < -0.4 is 20.1 Å². The molecule has 0 aliphatic rings. The third-order valence-electron chi connectivity index (χ3n) is 11.5. The molecule has 9 aromatic rings. The quantitative estimate of drug-likeness (QED) is 0.0526. The Hall–Kier alpha value is -8.66. The number of aromatic hydroxyl groups is 2. The number of nitrogens with one attached hydrogen (secondary N) is 2. The van der Waals surface area contributed by atoms with Crippen LogP contribution >= 0.6 is 46.4 Å². The highest BCUT2D eigenvalue weighted by atomic mass is 35.5. The van der Waals surface area contributed by atoms with Crippen LogP contribution in [0.3, 0.4) is 0 Å². The number of ether oxygens (including phenoxy) is 2. The van der Waals surface area contributed by atoms with Gasteiger partial charge in [0.25, 0.3) is 11.8 Å². The fourth-order valence-corrected chi connectivity index (χ4v) is 8.27. The number of phenols is 2. The van der Waals surface area contributed by atoms with Crippen LogP contribution in [0.2, 0.25) is 20.1 Å². The minimum atomic E-state index is -0.704. The van der Waals surface area contributed by atoms with Crippen LogP contribution in [0.5, 0.6) is 23.0 Å². The number of rotatable bonds is 12. The molecule has 9 aromatic carbocycles. The summed E-state index contributed by atoms with van der Waals surface area (Å²) in [6.45, 7) is 3.45. The molecule has 9 rings (SSSR count). The molecule has 14 nitrogen and oxygen atoms in total. The normalized spacial score (nSPS) is 11.3. The lowest BCUT2D eigenvalue weighted by molar-refractivity contribution is 0.0724. The molecule has 0 bridgehead atoms. The minimum absolute atomic E-state index is 0.00574. The second-order valence-electron chi connectivity index (χ2n) is 16.5. The Labute approximate surface area is 441 Å². The first-order valence-corrected chi connectivity index (χ1v) is 23.7. The van der Waals surface area contributed by atoms with Gasteiger partial charge in [0.2, 0.25) is 0 Å². The first-order valence-electron chi connectivity index (χ1n) is 22.2. The zero-order valence-corrected chi connectivity index (χ0v) is 41.7. The Kier molecular flexibility index (Phi) is 14.7. The van der Waals surface area contributed by atoms with Crippen LogP contribution in [0, 0.1) is 13.8 Å². The van der Waals surface area contributed by atoms with Crippen LogP contribution in [0.4, 0.5) is 34.1 Å². The number of carbonyl (C=O) groups is 4. The number of amides is 2. The minimum Gasteiger partial charge on any atom is -0.505 e. The van der Waals surface area contributed by atoms with Crippen LogP contribution in [0.15, 0.2) is 178 Å². The zero-order valence-electron chi connectivity index (χ0n) is 38.7. The Bertz CT molecular complexity index is 3580. The summed E-state index contributed by atoms with van der Waals surface area (Å²) < 4.78 is 11.1. The van der Waals surface area contributed by atoms with E-state index in [1.54, 1.807) is 123 Å². The number of azo groups is 2. The van der Waals surface area contributed by atoms with E-state index in [1.807, 2.05) is 0 Å². The topological polar surface area (TPSA) is 201 Å². The second-order valence-corrected chi connectivity index (χ2v) is 18.2. The number of nitrogens with zero attached hydrogens (tertiary/aromatic N) is 4. The molecule has 0 aliphatic heterocycles. The van der Waals surface area contributed by atoms with Gasteiger partial charge in [-0.2, -0.15) is 10.2 Å². The number of aryl methyl sites for hydroxylation is 2. The van der Waals surface area contributed by atoms with Crippen molar-refractivity contribution in [2.45, 2.75) is 13.8 Å². The first kappa shape index (κ1) is 50.3. The zero-order chi connectivity index (χ0) is 52.2. The van der Waals surface area contributed by atoms with Crippen LogP contribution in [-0.4, -0.2) is 34.0 Å². The molecular formula is C56H36Cl4N6O8. The van der Waals surface area contributed by atoms with Crippen LogP contribution in [0.25, 0.3) is 21.5 Å². The van der Waals surface area contributed by atoms with Gasteiger partial charge in [-0.3, -0.25) is 9.59 Å². The molecule has 0 aromatic heterocycles. The third kappa shape index (κ3) is 11.0. The van der Waals surface area contributed by atoms with E-state index in [1.165, 1.54) is 48.5 Å².